The van der Waals surface area contributed by atoms with Crippen LogP contribution in [0.1, 0.15) is 52.7 Å². The van der Waals surface area contributed by atoms with Gasteiger partial charge in [0.15, 0.2) is 0 Å². The second kappa shape index (κ2) is 6.78. The fraction of sp³-hybridized carbons (Fsp3) is 0.474. The van der Waals surface area contributed by atoms with E-state index in [9.17, 15) is 14.7 Å². The number of carbonyl (C=O) groups is 2. The van der Waals surface area contributed by atoms with Crippen molar-refractivity contribution in [3.8, 4) is 11.5 Å². The van der Waals surface area contributed by atoms with E-state index in [0.29, 0.717) is 23.3 Å². The molecule has 1 atom stereocenters. The van der Waals surface area contributed by atoms with Crippen LogP contribution in [0.25, 0.3) is 0 Å². The van der Waals surface area contributed by atoms with E-state index in [1.807, 2.05) is 13.0 Å². The highest BCUT2D eigenvalue weighted by Crippen LogP contribution is 2.42. The maximum Gasteiger partial charge on any atom is 0.342 e. The Morgan fingerprint density at radius 1 is 1.44 bits per heavy atom. The van der Waals surface area contributed by atoms with Crippen LogP contribution >= 0.6 is 0 Å². The smallest absolute Gasteiger partial charge is 0.342 e. The quantitative estimate of drug-likeness (QED) is 0.628. The van der Waals surface area contributed by atoms with Gasteiger partial charge in [-0.3, -0.25) is 4.79 Å². The van der Waals surface area contributed by atoms with Crippen molar-refractivity contribution >= 4 is 11.9 Å². The summed E-state index contributed by atoms with van der Waals surface area (Å²) in [6, 6.07) is 0. The average Bonchev–Trinajstić information content (AvgIpc) is 3.15. The zero-order chi connectivity index (χ0) is 18.1. The topological polar surface area (TPSA) is 93.1 Å². The average molecular weight is 346 g/mol. The van der Waals surface area contributed by atoms with Crippen molar-refractivity contribution in [3.05, 3.63) is 33.9 Å². The van der Waals surface area contributed by atoms with Crippen LogP contribution in [0.2, 0.25) is 0 Å². The normalized spacial score (nSPS) is 20.6. The van der Waals surface area contributed by atoms with Gasteiger partial charge in [0.1, 0.15) is 23.7 Å². The van der Waals surface area contributed by atoms with Gasteiger partial charge in [0.2, 0.25) is 0 Å². The number of methoxy groups -OCH3 is 1. The fourth-order valence-corrected chi connectivity index (χ4v) is 3.92. The number of esters is 1. The Hall–Kier alpha value is -2.50. The molecule has 2 N–H and O–H groups in total. The number of rotatable bonds is 5. The third-order valence-corrected chi connectivity index (χ3v) is 5.18. The number of phenols is 1. The number of benzene rings is 1. The molecule has 1 heterocycles. The summed E-state index contributed by atoms with van der Waals surface area (Å²) in [5.74, 6) is -0.805. The lowest BCUT2D eigenvalue weighted by molar-refractivity contribution is -0.137. The van der Waals surface area contributed by atoms with Crippen molar-refractivity contribution in [1.29, 1.82) is 0 Å². The lowest BCUT2D eigenvalue weighted by Crippen LogP contribution is -2.06. The summed E-state index contributed by atoms with van der Waals surface area (Å²) < 4.78 is 10.5. The largest absolute Gasteiger partial charge is 0.507 e. The molecule has 6 nitrogen and oxygen atoms in total. The first-order valence-corrected chi connectivity index (χ1v) is 8.43. The number of fused-ring (bicyclic) bond motifs is 1. The molecule has 0 amide bonds. The van der Waals surface area contributed by atoms with Crippen LogP contribution in [0.4, 0.5) is 0 Å². The predicted octanol–water partition coefficient (Wildman–Crippen LogP) is 3.12. The number of carboxylic acids is 1. The molecule has 3 rings (SSSR count). The van der Waals surface area contributed by atoms with Crippen LogP contribution in [-0.4, -0.2) is 29.3 Å². The van der Waals surface area contributed by atoms with Crippen molar-refractivity contribution in [1.82, 2.24) is 0 Å². The molecule has 0 radical (unpaired) electrons. The van der Waals surface area contributed by atoms with E-state index in [1.165, 1.54) is 7.11 Å². The van der Waals surface area contributed by atoms with Crippen LogP contribution in [0.3, 0.4) is 0 Å². The van der Waals surface area contributed by atoms with Crippen LogP contribution < -0.4 is 4.74 Å². The molecule has 1 aliphatic heterocycles. The van der Waals surface area contributed by atoms with Gasteiger partial charge >= 0.3 is 11.9 Å². The van der Waals surface area contributed by atoms with Crippen LogP contribution in [0.15, 0.2) is 11.6 Å². The first-order chi connectivity index (χ1) is 11.9. The molecule has 1 aromatic carbocycles. The molecule has 1 aliphatic carbocycles. The van der Waals surface area contributed by atoms with Gasteiger partial charge in [0.25, 0.3) is 0 Å². The number of carbonyl (C=O) groups excluding carboxylic acids is 1. The summed E-state index contributed by atoms with van der Waals surface area (Å²) in [6.07, 6.45) is 5.21. The van der Waals surface area contributed by atoms with Gasteiger partial charge in [0.05, 0.1) is 13.5 Å². The number of phenolic OH excluding ortho intramolecular Hbond substituents is 1. The minimum atomic E-state index is -0.797. The highest BCUT2D eigenvalue weighted by atomic mass is 16.5. The first kappa shape index (κ1) is 17.3. The van der Waals surface area contributed by atoms with Crippen molar-refractivity contribution in [2.45, 2.75) is 45.6 Å². The minimum Gasteiger partial charge on any atom is -0.507 e. The predicted molar refractivity (Wildman–Crippen MR) is 89.9 cm³/mol. The molecular formula is C19H22O6. The Balaban J connectivity index is 1.96. The molecule has 1 aromatic rings. The molecule has 0 spiro atoms. The highest BCUT2D eigenvalue weighted by Gasteiger charge is 2.32. The number of ether oxygens (including phenoxy) is 2. The minimum absolute atomic E-state index is 0.0473. The van der Waals surface area contributed by atoms with Crippen LogP contribution in [-0.2, 0) is 22.6 Å². The Bertz CT molecular complexity index is 762. The van der Waals surface area contributed by atoms with Crippen molar-refractivity contribution in [2.24, 2.45) is 5.92 Å². The third-order valence-electron chi connectivity index (χ3n) is 5.18. The van der Waals surface area contributed by atoms with Crippen LogP contribution in [0.5, 0.6) is 11.5 Å². The fourth-order valence-electron chi connectivity index (χ4n) is 3.92. The number of hydrogen-bond acceptors (Lipinski definition) is 5. The van der Waals surface area contributed by atoms with Crippen molar-refractivity contribution in [2.75, 3.05) is 7.11 Å². The Morgan fingerprint density at radius 2 is 2.20 bits per heavy atom. The second-order valence-corrected chi connectivity index (χ2v) is 6.59. The molecular weight excluding hydrogens is 324 g/mol. The van der Waals surface area contributed by atoms with Gasteiger partial charge in [-0.2, -0.15) is 0 Å². The lowest BCUT2D eigenvalue weighted by atomic mass is 9.93. The summed E-state index contributed by atoms with van der Waals surface area (Å²) in [5.41, 5.74) is 3.33. The lowest BCUT2D eigenvalue weighted by Gasteiger charge is -2.16. The van der Waals surface area contributed by atoms with Gasteiger partial charge in [-0.1, -0.05) is 11.6 Å². The number of hydrogen-bond donors (Lipinski definition) is 2. The number of carboxylic acid groups (broad SMARTS) is 1. The van der Waals surface area contributed by atoms with E-state index in [-0.39, 0.29) is 30.3 Å². The van der Waals surface area contributed by atoms with E-state index in [0.717, 1.165) is 30.4 Å². The van der Waals surface area contributed by atoms with Gasteiger partial charge in [-0.15, -0.1) is 0 Å². The maximum absolute atomic E-state index is 11.9. The molecule has 2 aliphatic rings. The van der Waals surface area contributed by atoms with Crippen molar-refractivity contribution < 1.29 is 29.3 Å². The SMILES string of the molecule is COc1c(C)c2c(c(O)c1CC=C1CCCC1CC(=O)O)C(=O)OC2. The first-order valence-electron chi connectivity index (χ1n) is 8.43. The molecule has 0 saturated heterocycles. The van der Waals surface area contributed by atoms with E-state index < -0.39 is 11.9 Å². The molecule has 1 saturated carbocycles. The molecule has 134 valence electrons. The van der Waals surface area contributed by atoms with E-state index >= 15 is 0 Å². The standard InChI is InChI=1S/C19H22O6/c1-10-14-9-25-19(23)16(14)17(22)13(18(10)24-2)7-6-11-4-3-5-12(11)8-15(20)21/h6,12,22H,3-5,7-9H2,1-2H3,(H,20,21). The molecule has 1 fully saturated rings. The zero-order valence-electron chi connectivity index (χ0n) is 14.4. The third kappa shape index (κ3) is 3.08. The van der Waals surface area contributed by atoms with Gasteiger partial charge in [0, 0.05) is 11.1 Å². The second-order valence-electron chi connectivity index (χ2n) is 6.59. The Labute approximate surface area is 146 Å². The van der Waals surface area contributed by atoms with E-state index in [1.54, 1.807) is 0 Å². The monoisotopic (exact) mass is 346 g/mol. The summed E-state index contributed by atoms with van der Waals surface area (Å²) in [7, 11) is 1.53. The van der Waals surface area contributed by atoms with Gasteiger partial charge in [-0.25, -0.2) is 4.79 Å². The van der Waals surface area contributed by atoms with Gasteiger partial charge < -0.3 is 19.7 Å². The van der Waals surface area contributed by atoms with E-state index in [4.69, 9.17) is 14.6 Å². The highest BCUT2D eigenvalue weighted by molar-refractivity contribution is 5.98. The van der Waals surface area contributed by atoms with Crippen LogP contribution in [0, 0.1) is 12.8 Å². The van der Waals surface area contributed by atoms with Crippen molar-refractivity contribution in [3.63, 3.8) is 0 Å². The molecule has 6 heteroatoms. The Kier molecular flexibility index (Phi) is 4.70. The maximum atomic E-state index is 11.9. The molecule has 0 bridgehead atoms. The van der Waals surface area contributed by atoms with Gasteiger partial charge in [-0.05, 0) is 44.1 Å². The number of cyclic esters (lactones) is 1. The molecule has 0 aromatic heterocycles. The summed E-state index contributed by atoms with van der Waals surface area (Å²) in [4.78, 5) is 22.9. The number of allylic oxidation sites excluding steroid dienone is 2. The number of aromatic hydroxyl groups is 1. The summed E-state index contributed by atoms with van der Waals surface area (Å²) in [5, 5.41) is 19.6. The zero-order valence-corrected chi connectivity index (χ0v) is 14.4. The van der Waals surface area contributed by atoms with E-state index in [2.05, 4.69) is 0 Å². The molecule has 1 unspecified atom stereocenters. The Morgan fingerprint density at radius 3 is 2.88 bits per heavy atom. The summed E-state index contributed by atoms with van der Waals surface area (Å²) >= 11 is 0. The molecule has 25 heavy (non-hydrogen) atoms. The number of aliphatic carboxylic acids is 1. The summed E-state index contributed by atoms with van der Waals surface area (Å²) in [6.45, 7) is 1.99.